The number of nitrogens with zero attached hydrogens (tertiary/aromatic N) is 5. The lowest BCUT2D eigenvalue weighted by Gasteiger charge is -2.11. The van der Waals surface area contributed by atoms with Crippen molar-refractivity contribution in [2.75, 3.05) is 17.2 Å². The van der Waals surface area contributed by atoms with E-state index in [4.69, 9.17) is 4.74 Å². The van der Waals surface area contributed by atoms with Crippen LogP contribution in [0, 0.1) is 6.92 Å². The number of aromatic nitrogens is 5. The van der Waals surface area contributed by atoms with Crippen LogP contribution < -0.4 is 10.6 Å². The highest BCUT2D eigenvalue weighted by Crippen LogP contribution is 2.39. The number of carbonyl (C=O) groups is 2. The predicted octanol–water partition coefficient (Wildman–Crippen LogP) is 3.08. The molecule has 0 aromatic carbocycles. The molecule has 30 heavy (non-hydrogen) atoms. The Balaban J connectivity index is 1.64. The number of hydrogen-bond acceptors (Lipinski definition) is 10. The van der Waals surface area contributed by atoms with Crippen LogP contribution in [0.25, 0.3) is 0 Å². The van der Waals surface area contributed by atoms with Gasteiger partial charge in [-0.3, -0.25) is 4.79 Å². The van der Waals surface area contributed by atoms with Crippen molar-refractivity contribution in [2.24, 2.45) is 0 Å². The first-order valence-corrected chi connectivity index (χ1v) is 10.2. The summed E-state index contributed by atoms with van der Waals surface area (Å²) >= 11 is 1.19. The molecule has 0 atom stereocenters. The molecule has 1 fully saturated rings. The zero-order chi connectivity index (χ0) is 21.1. The fourth-order valence-electron chi connectivity index (χ4n) is 2.74. The van der Waals surface area contributed by atoms with Gasteiger partial charge in [-0.25, -0.2) is 29.7 Å². The van der Waals surface area contributed by atoms with Crippen LogP contribution in [0.15, 0.2) is 24.9 Å². The van der Waals surface area contributed by atoms with Gasteiger partial charge >= 0.3 is 5.97 Å². The average Bonchev–Trinajstić information content (AvgIpc) is 3.52. The normalized spacial score (nSPS) is 13.0. The first kappa shape index (κ1) is 19.8. The maximum Gasteiger partial charge on any atom is 0.360 e. The number of carbonyl (C=O) groups excluding carboxylic acids is 2. The lowest BCUT2D eigenvalue weighted by atomic mass is 10.2. The molecule has 1 amide bonds. The number of aryl methyl sites for hydroxylation is 1. The molecule has 0 unspecified atom stereocenters. The Morgan fingerprint density at radius 1 is 1.17 bits per heavy atom. The molecule has 11 heteroatoms. The molecule has 3 heterocycles. The topological polar surface area (TPSA) is 132 Å². The standard InChI is InChI=1S/C19H19N7O3S/c1-3-29-19(28)15-18(30-10(2)23-15)26-17(27)14-16(24-12-6-20-9-21-7-12)22-8-13(25-14)11-4-5-11/h6-9,11H,3-5H2,1-2H3,(H,22,24)(H,26,27). The van der Waals surface area contributed by atoms with Gasteiger partial charge in [-0.1, -0.05) is 0 Å². The highest BCUT2D eigenvalue weighted by molar-refractivity contribution is 7.16. The van der Waals surface area contributed by atoms with Gasteiger partial charge in [0.2, 0.25) is 0 Å². The summed E-state index contributed by atoms with van der Waals surface area (Å²) in [6.45, 7) is 3.67. The first-order chi connectivity index (χ1) is 14.5. The van der Waals surface area contributed by atoms with Crippen molar-refractivity contribution < 1.29 is 14.3 Å². The summed E-state index contributed by atoms with van der Waals surface area (Å²) in [5.41, 5.74) is 1.52. The van der Waals surface area contributed by atoms with Gasteiger partial charge in [0.25, 0.3) is 5.91 Å². The van der Waals surface area contributed by atoms with Crippen molar-refractivity contribution in [3.63, 3.8) is 0 Å². The molecule has 0 aliphatic heterocycles. The van der Waals surface area contributed by atoms with E-state index < -0.39 is 11.9 Å². The lowest BCUT2D eigenvalue weighted by Crippen LogP contribution is -2.19. The number of esters is 1. The largest absolute Gasteiger partial charge is 0.461 e. The second-order valence-electron chi connectivity index (χ2n) is 6.60. The van der Waals surface area contributed by atoms with Gasteiger partial charge in [0, 0.05) is 5.92 Å². The molecular weight excluding hydrogens is 406 g/mol. The fraction of sp³-hybridized carbons (Fsp3) is 0.316. The van der Waals surface area contributed by atoms with Crippen molar-refractivity contribution in [3.05, 3.63) is 47.0 Å². The monoisotopic (exact) mass is 425 g/mol. The highest BCUT2D eigenvalue weighted by atomic mass is 32.1. The van der Waals surface area contributed by atoms with Gasteiger partial charge in [-0.2, -0.15) is 0 Å². The molecule has 2 N–H and O–H groups in total. The van der Waals surface area contributed by atoms with E-state index >= 15 is 0 Å². The molecule has 0 saturated heterocycles. The van der Waals surface area contributed by atoms with Crippen LogP contribution in [0.2, 0.25) is 0 Å². The summed E-state index contributed by atoms with van der Waals surface area (Å²) < 4.78 is 5.03. The molecule has 1 saturated carbocycles. The minimum atomic E-state index is -0.588. The first-order valence-electron chi connectivity index (χ1n) is 9.40. The molecule has 0 spiro atoms. The molecule has 1 aliphatic rings. The van der Waals surface area contributed by atoms with E-state index in [0.717, 1.165) is 18.5 Å². The van der Waals surface area contributed by atoms with Crippen molar-refractivity contribution >= 4 is 39.7 Å². The van der Waals surface area contributed by atoms with Gasteiger partial charge in [-0.05, 0) is 26.7 Å². The SMILES string of the molecule is CCOC(=O)c1nc(C)sc1NC(=O)c1nc(C2CC2)cnc1Nc1cncnc1. The average molecular weight is 425 g/mol. The predicted molar refractivity (Wildman–Crippen MR) is 110 cm³/mol. The molecule has 1 aliphatic carbocycles. The van der Waals surface area contributed by atoms with Crippen molar-refractivity contribution in [1.29, 1.82) is 0 Å². The fourth-order valence-corrected chi connectivity index (χ4v) is 3.54. The summed E-state index contributed by atoms with van der Waals surface area (Å²) in [7, 11) is 0. The Bertz CT molecular complexity index is 1080. The summed E-state index contributed by atoms with van der Waals surface area (Å²) in [5, 5.41) is 6.71. The molecule has 0 radical (unpaired) electrons. The van der Waals surface area contributed by atoms with Crippen LogP contribution in [0.1, 0.15) is 57.4 Å². The maximum atomic E-state index is 13.1. The summed E-state index contributed by atoms with van der Waals surface area (Å²) in [6, 6.07) is 0. The van der Waals surface area contributed by atoms with Gasteiger partial charge in [0.1, 0.15) is 11.3 Å². The van der Waals surface area contributed by atoms with Crippen LogP contribution in [0.5, 0.6) is 0 Å². The molecular formula is C19H19N7O3S. The second kappa shape index (κ2) is 8.49. The van der Waals surface area contributed by atoms with Crippen LogP contribution in [-0.4, -0.2) is 43.4 Å². The van der Waals surface area contributed by atoms with Crippen molar-refractivity contribution in [3.8, 4) is 0 Å². The van der Waals surface area contributed by atoms with E-state index in [1.54, 1.807) is 32.4 Å². The Kier molecular flexibility index (Phi) is 5.61. The Morgan fingerprint density at radius 2 is 1.93 bits per heavy atom. The smallest absolute Gasteiger partial charge is 0.360 e. The van der Waals surface area contributed by atoms with Crippen LogP contribution in [-0.2, 0) is 4.74 Å². The summed E-state index contributed by atoms with van der Waals surface area (Å²) in [5.74, 6) is -0.502. The van der Waals surface area contributed by atoms with Crippen LogP contribution in [0.4, 0.5) is 16.5 Å². The zero-order valence-corrected chi connectivity index (χ0v) is 17.2. The zero-order valence-electron chi connectivity index (χ0n) is 16.4. The number of amides is 1. The van der Waals surface area contributed by atoms with Gasteiger partial charge in [-0.15, -0.1) is 11.3 Å². The number of hydrogen-bond donors (Lipinski definition) is 2. The number of nitrogens with one attached hydrogen (secondary N) is 2. The van der Waals surface area contributed by atoms with E-state index in [2.05, 4.69) is 35.6 Å². The summed E-state index contributed by atoms with van der Waals surface area (Å²) in [6.07, 6.45) is 8.25. The minimum Gasteiger partial charge on any atom is -0.461 e. The number of rotatable bonds is 7. The second-order valence-corrected chi connectivity index (χ2v) is 7.81. The Hall–Kier alpha value is -3.47. The minimum absolute atomic E-state index is 0.0741. The quantitative estimate of drug-likeness (QED) is 0.548. The molecule has 4 rings (SSSR count). The van der Waals surface area contributed by atoms with Crippen LogP contribution >= 0.6 is 11.3 Å². The van der Waals surface area contributed by atoms with Crippen LogP contribution in [0.3, 0.4) is 0 Å². The molecule has 0 bridgehead atoms. The Labute approximate surface area is 176 Å². The lowest BCUT2D eigenvalue weighted by molar-refractivity contribution is 0.0521. The van der Waals surface area contributed by atoms with Crippen molar-refractivity contribution in [2.45, 2.75) is 32.6 Å². The van der Waals surface area contributed by atoms with E-state index in [1.165, 1.54) is 17.7 Å². The third-order valence-corrected chi connectivity index (χ3v) is 5.14. The van der Waals surface area contributed by atoms with E-state index in [-0.39, 0.29) is 23.8 Å². The van der Waals surface area contributed by atoms with Gasteiger partial charge in [0.15, 0.2) is 17.2 Å². The molecule has 154 valence electrons. The van der Waals surface area contributed by atoms with E-state index in [9.17, 15) is 9.59 Å². The third-order valence-electron chi connectivity index (χ3n) is 4.26. The third kappa shape index (κ3) is 4.40. The number of anilines is 3. The molecule has 3 aromatic heterocycles. The highest BCUT2D eigenvalue weighted by Gasteiger charge is 2.28. The maximum absolute atomic E-state index is 13.1. The van der Waals surface area contributed by atoms with E-state index in [1.807, 2.05) is 0 Å². The number of thiazole rings is 1. The molecule has 10 nitrogen and oxygen atoms in total. The number of ether oxygens (including phenoxy) is 1. The van der Waals surface area contributed by atoms with Gasteiger partial charge in [0.05, 0.1) is 41.6 Å². The Morgan fingerprint density at radius 3 is 2.63 bits per heavy atom. The van der Waals surface area contributed by atoms with Gasteiger partial charge < -0.3 is 15.4 Å². The van der Waals surface area contributed by atoms with E-state index in [0.29, 0.717) is 21.6 Å². The summed E-state index contributed by atoms with van der Waals surface area (Å²) in [4.78, 5) is 46.3. The van der Waals surface area contributed by atoms with Crippen molar-refractivity contribution in [1.82, 2.24) is 24.9 Å². The molecule has 3 aromatic rings.